The summed E-state index contributed by atoms with van der Waals surface area (Å²) in [7, 11) is 7.40. The first-order chi connectivity index (χ1) is 13.0. The third kappa shape index (κ3) is 2.88. The normalized spacial score (nSPS) is 13.2. The number of hydrogen-bond acceptors (Lipinski definition) is 4. The molecule has 5 nitrogen and oxygen atoms in total. The SMILES string of the molecule is COc1ccc2cc3c4c(cc(OC)cc4c2c1)C(=O)N3CCCN(C)C. The molecule has 3 aromatic rings. The highest BCUT2D eigenvalue weighted by atomic mass is 16.5. The molecular formula is C22H24N2O3. The smallest absolute Gasteiger partial charge is 0.259 e. The molecule has 3 aromatic carbocycles. The standard InChI is InChI=1S/C22H24N2O3/c1-23(2)8-5-9-24-20-10-14-6-7-15(26-3)11-17(14)18-12-16(27-4)13-19(21(18)20)22(24)25/h6-7,10-13H,5,8-9H2,1-4H3. The van der Waals surface area contributed by atoms with Crippen molar-refractivity contribution < 1.29 is 14.3 Å². The average molecular weight is 364 g/mol. The van der Waals surface area contributed by atoms with Crippen LogP contribution in [-0.2, 0) is 0 Å². The number of fused-ring (bicyclic) bond motifs is 2. The molecule has 1 amide bonds. The summed E-state index contributed by atoms with van der Waals surface area (Å²) in [5.41, 5.74) is 1.71. The molecule has 0 radical (unpaired) electrons. The van der Waals surface area contributed by atoms with Gasteiger partial charge in [-0.3, -0.25) is 4.79 Å². The van der Waals surface area contributed by atoms with Gasteiger partial charge in [0.1, 0.15) is 11.5 Å². The number of amides is 1. The van der Waals surface area contributed by atoms with Crippen molar-refractivity contribution in [2.45, 2.75) is 6.42 Å². The maximum atomic E-state index is 13.2. The maximum absolute atomic E-state index is 13.2. The fourth-order valence-corrected chi connectivity index (χ4v) is 3.87. The summed E-state index contributed by atoms with van der Waals surface area (Å²) in [6, 6.07) is 12.0. The highest BCUT2D eigenvalue weighted by molar-refractivity contribution is 6.30. The molecule has 0 unspecified atom stereocenters. The summed E-state index contributed by atoms with van der Waals surface area (Å²) >= 11 is 0. The molecule has 5 heteroatoms. The zero-order valence-electron chi connectivity index (χ0n) is 16.2. The summed E-state index contributed by atoms with van der Waals surface area (Å²) in [4.78, 5) is 17.2. The molecule has 0 fully saturated rings. The molecule has 0 N–H and O–H groups in total. The fourth-order valence-electron chi connectivity index (χ4n) is 3.87. The van der Waals surface area contributed by atoms with Crippen LogP contribution in [0.5, 0.6) is 11.5 Å². The van der Waals surface area contributed by atoms with Crippen molar-refractivity contribution in [2.75, 3.05) is 46.3 Å². The molecule has 27 heavy (non-hydrogen) atoms. The predicted molar refractivity (Wildman–Crippen MR) is 109 cm³/mol. The number of rotatable bonds is 6. The van der Waals surface area contributed by atoms with Crippen LogP contribution in [0.3, 0.4) is 0 Å². The Hall–Kier alpha value is -2.79. The number of nitrogens with zero attached hydrogens (tertiary/aromatic N) is 2. The molecule has 0 atom stereocenters. The van der Waals surface area contributed by atoms with Gasteiger partial charge in [-0.2, -0.15) is 0 Å². The zero-order valence-corrected chi connectivity index (χ0v) is 16.2. The number of ether oxygens (including phenoxy) is 2. The first kappa shape index (κ1) is 17.6. The monoisotopic (exact) mass is 364 g/mol. The van der Waals surface area contributed by atoms with Crippen molar-refractivity contribution in [3.05, 3.63) is 42.0 Å². The number of benzene rings is 3. The molecule has 0 saturated carbocycles. The Kier molecular flexibility index (Phi) is 4.40. The Labute approximate surface area is 159 Å². The van der Waals surface area contributed by atoms with Gasteiger partial charge in [0.15, 0.2) is 0 Å². The second-order valence-electron chi connectivity index (χ2n) is 7.19. The number of anilines is 1. The number of carbonyl (C=O) groups is 1. The van der Waals surface area contributed by atoms with Gasteiger partial charge in [-0.1, -0.05) is 6.07 Å². The molecule has 0 saturated heterocycles. The minimum absolute atomic E-state index is 0.0509. The van der Waals surface area contributed by atoms with E-state index >= 15 is 0 Å². The first-order valence-corrected chi connectivity index (χ1v) is 9.12. The molecule has 140 valence electrons. The number of hydrogen-bond donors (Lipinski definition) is 0. The molecular weight excluding hydrogens is 340 g/mol. The second kappa shape index (κ2) is 6.74. The van der Waals surface area contributed by atoms with Crippen LogP contribution in [0.1, 0.15) is 16.8 Å². The van der Waals surface area contributed by atoms with E-state index in [1.165, 1.54) is 0 Å². The lowest BCUT2D eigenvalue weighted by Gasteiger charge is -2.19. The Balaban J connectivity index is 1.93. The van der Waals surface area contributed by atoms with Crippen LogP contribution in [0.15, 0.2) is 36.4 Å². The van der Waals surface area contributed by atoms with Crippen molar-refractivity contribution in [2.24, 2.45) is 0 Å². The van der Waals surface area contributed by atoms with Gasteiger partial charge in [0.05, 0.1) is 25.5 Å². The second-order valence-corrected chi connectivity index (χ2v) is 7.19. The quantitative estimate of drug-likeness (QED) is 0.622. The van der Waals surface area contributed by atoms with E-state index in [1.54, 1.807) is 14.2 Å². The minimum Gasteiger partial charge on any atom is -0.497 e. The van der Waals surface area contributed by atoms with Crippen molar-refractivity contribution in [3.63, 3.8) is 0 Å². The minimum atomic E-state index is 0.0509. The third-order valence-corrected chi connectivity index (χ3v) is 5.20. The Morgan fingerprint density at radius 1 is 0.963 bits per heavy atom. The van der Waals surface area contributed by atoms with E-state index in [1.807, 2.05) is 49.3 Å². The van der Waals surface area contributed by atoms with Crippen LogP contribution < -0.4 is 14.4 Å². The van der Waals surface area contributed by atoms with Gasteiger partial charge in [0.2, 0.25) is 0 Å². The average Bonchev–Trinajstić information content (AvgIpc) is 2.93. The number of methoxy groups -OCH3 is 2. The predicted octanol–water partition coefficient (Wildman–Crippen LogP) is 3.92. The van der Waals surface area contributed by atoms with Gasteiger partial charge in [0, 0.05) is 11.9 Å². The van der Waals surface area contributed by atoms with Gasteiger partial charge in [-0.05, 0) is 73.6 Å². The highest BCUT2D eigenvalue weighted by Crippen LogP contribution is 2.44. The van der Waals surface area contributed by atoms with Crippen molar-refractivity contribution in [1.29, 1.82) is 0 Å². The molecule has 0 bridgehead atoms. The molecule has 0 spiro atoms. The topological polar surface area (TPSA) is 42.0 Å². The summed E-state index contributed by atoms with van der Waals surface area (Å²) in [6.45, 7) is 1.64. The summed E-state index contributed by atoms with van der Waals surface area (Å²) in [6.07, 6.45) is 0.923. The molecule has 0 aromatic heterocycles. The largest absolute Gasteiger partial charge is 0.497 e. The Morgan fingerprint density at radius 3 is 2.41 bits per heavy atom. The zero-order chi connectivity index (χ0) is 19.1. The maximum Gasteiger partial charge on any atom is 0.259 e. The van der Waals surface area contributed by atoms with Crippen LogP contribution in [0.25, 0.3) is 21.5 Å². The van der Waals surface area contributed by atoms with E-state index in [0.717, 1.165) is 45.9 Å². The Morgan fingerprint density at radius 2 is 1.70 bits per heavy atom. The lowest BCUT2D eigenvalue weighted by Crippen LogP contribution is -2.30. The van der Waals surface area contributed by atoms with Crippen molar-refractivity contribution >= 4 is 33.1 Å². The fraction of sp³-hybridized carbons (Fsp3) is 0.318. The molecule has 0 aliphatic carbocycles. The lowest BCUT2D eigenvalue weighted by molar-refractivity contribution is 0.0992. The van der Waals surface area contributed by atoms with E-state index in [9.17, 15) is 4.79 Å². The van der Waals surface area contributed by atoms with Crippen LogP contribution in [-0.4, -0.2) is 52.2 Å². The molecule has 1 heterocycles. The van der Waals surface area contributed by atoms with Gasteiger partial charge in [0.25, 0.3) is 5.91 Å². The lowest BCUT2D eigenvalue weighted by atomic mass is 9.98. The highest BCUT2D eigenvalue weighted by Gasteiger charge is 2.31. The Bertz CT molecular complexity index is 1040. The molecule has 1 aliphatic heterocycles. The van der Waals surface area contributed by atoms with Gasteiger partial charge >= 0.3 is 0 Å². The summed E-state index contributed by atoms with van der Waals surface area (Å²) < 4.78 is 10.9. The van der Waals surface area contributed by atoms with Crippen LogP contribution in [0.2, 0.25) is 0 Å². The first-order valence-electron chi connectivity index (χ1n) is 9.12. The van der Waals surface area contributed by atoms with E-state index in [0.29, 0.717) is 17.9 Å². The van der Waals surface area contributed by atoms with Gasteiger partial charge < -0.3 is 19.3 Å². The van der Waals surface area contributed by atoms with E-state index < -0.39 is 0 Å². The van der Waals surface area contributed by atoms with Crippen LogP contribution in [0.4, 0.5) is 5.69 Å². The van der Waals surface area contributed by atoms with Crippen molar-refractivity contribution in [3.8, 4) is 11.5 Å². The summed E-state index contributed by atoms with van der Waals surface area (Å²) in [5, 5.41) is 4.19. The summed E-state index contributed by atoms with van der Waals surface area (Å²) in [5.74, 6) is 1.55. The van der Waals surface area contributed by atoms with Gasteiger partial charge in [-0.15, -0.1) is 0 Å². The van der Waals surface area contributed by atoms with E-state index in [-0.39, 0.29) is 5.91 Å². The van der Waals surface area contributed by atoms with Crippen LogP contribution in [0, 0.1) is 0 Å². The third-order valence-electron chi connectivity index (χ3n) is 5.20. The van der Waals surface area contributed by atoms with E-state index in [4.69, 9.17) is 9.47 Å². The van der Waals surface area contributed by atoms with Crippen molar-refractivity contribution in [1.82, 2.24) is 4.90 Å². The number of carbonyl (C=O) groups excluding carboxylic acids is 1. The molecule has 1 aliphatic rings. The van der Waals surface area contributed by atoms with E-state index in [2.05, 4.69) is 11.0 Å². The molecule has 4 rings (SSSR count). The van der Waals surface area contributed by atoms with Gasteiger partial charge in [-0.25, -0.2) is 0 Å². The van der Waals surface area contributed by atoms with Crippen LogP contribution >= 0.6 is 0 Å².